The van der Waals surface area contributed by atoms with Crippen LogP contribution in [0.5, 0.6) is 17.2 Å². The maximum Gasteiger partial charge on any atom is 0.255 e. The van der Waals surface area contributed by atoms with E-state index in [1.54, 1.807) is 24.3 Å². The zero-order valence-electron chi connectivity index (χ0n) is 15.7. The number of benzene rings is 2. The Morgan fingerprint density at radius 3 is 2.67 bits per heavy atom. The molecular formula is C21H25NO5. The number of carbonyl (C=O) groups excluding carboxylic acids is 1. The first-order valence-corrected chi connectivity index (χ1v) is 9.25. The van der Waals surface area contributed by atoms with Crippen LogP contribution in [0, 0.1) is 0 Å². The molecule has 1 heterocycles. The number of anilines is 1. The van der Waals surface area contributed by atoms with Crippen LogP contribution in [0.4, 0.5) is 5.69 Å². The predicted octanol–water partition coefficient (Wildman–Crippen LogP) is 4.04. The summed E-state index contributed by atoms with van der Waals surface area (Å²) in [7, 11) is 0. The molecule has 0 saturated carbocycles. The summed E-state index contributed by atoms with van der Waals surface area (Å²) in [4.78, 5) is 12.7. The Hall–Kier alpha value is -2.73. The fourth-order valence-electron chi connectivity index (χ4n) is 2.78. The first kappa shape index (κ1) is 19.0. The van der Waals surface area contributed by atoms with Crippen molar-refractivity contribution in [3.05, 3.63) is 47.5 Å². The zero-order valence-corrected chi connectivity index (χ0v) is 15.7. The van der Waals surface area contributed by atoms with Gasteiger partial charge < -0.3 is 24.3 Å². The maximum atomic E-state index is 12.7. The summed E-state index contributed by atoms with van der Waals surface area (Å²) in [5, 5.41) is 2.90. The molecule has 1 aliphatic heterocycles. The standard InChI is InChI=1S/C21H25NO5/c1-3-9-24-14-16-12-15(5-7-18(16)25-4-2)21(23)22-17-6-8-19-20(13-17)27-11-10-26-19/h5-8,12-13H,3-4,9-11,14H2,1-2H3,(H,22,23). The number of nitrogens with one attached hydrogen (secondary N) is 1. The Balaban J connectivity index is 1.74. The van der Waals surface area contributed by atoms with Crippen molar-refractivity contribution >= 4 is 11.6 Å². The monoisotopic (exact) mass is 371 g/mol. The van der Waals surface area contributed by atoms with Crippen molar-refractivity contribution in [2.24, 2.45) is 0 Å². The van der Waals surface area contributed by atoms with Gasteiger partial charge in [-0.15, -0.1) is 0 Å². The van der Waals surface area contributed by atoms with E-state index in [4.69, 9.17) is 18.9 Å². The van der Waals surface area contributed by atoms with Crippen LogP contribution in [0.1, 0.15) is 36.2 Å². The number of rotatable bonds is 8. The van der Waals surface area contributed by atoms with Crippen LogP contribution < -0.4 is 19.5 Å². The molecule has 0 aromatic heterocycles. The summed E-state index contributed by atoms with van der Waals surface area (Å²) in [6, 6.07) is 10.7. The smallest absolute Gasteiger partial charge is 0.255 e. The lowest BCUT2D eigenvalue weighted by Gasteiger charge is -2.19. The molecule has 0 unspecified atom stereocenters. The van der Waals surface area contributed by atoms with E-state index in [0.717, 1.165) is 17.7 Å². The average Bonchev–Trinajstić information content (AvgIpc) is 2.69. The highest BCUT2D eigenvalue weighted by Gasteiger charge is 2.15. The Morgan fingerprint density at radius 1 is 1.07 bits per heavy atom. The molecular weight excluding hydrogens is 346 g/mol. The quantitative estimate of drug-likeness (QED) is 0.710. The van der Waals surface area contributed by atoms with Crippen LogP contribution in [0.3, 0.4) is 0 Å². The highest BCUT2D eigenvalue weighted by atomic mass is 16.6. The van der Waals surface area contributed by atoms with Crippen molar-refractivity contribution in [3.8, 4) is 17.2 Å². The minimum absolute atomic E-state index is 0.202. The van der Waals surface area contributed by atoms with Gasteiger partial charge >= 0.3 is 0 Å². The lowest BCUT2D eigenvalue weighted by Crippen LogP contribution is -2.16. The molecule has 1 N–H and O–H groups in total. The molecule has 0 spiro atoms. The van der Waals surface area contributed by atoms with Crippen LogP contribution in [0.15, 0.2) is 36.4 Å². The molecule has 3 rings (SSSR count). The van der Waals surface area contributed by atoms with E-state index < -0.39 is 0 Å². The first-order valence-electron chi connectivity index (χ1n) is 9.25. The topological polar surface area (TPSA) is 66.0 Å². The van der Waals surface area contributed by atoms with E-state index in [9.17, 15) is 4.79 Å². The van der Waals surface area contributed by atoms with Crippen molar-refractivity contribution in [1.29, 1.82) is 0 Å². The third-order valence-corrected chi connectivity index (χ3v) is 4.03. The number of hydrogen-bond donors (Lipinski definition) is 1. The van der Waals surface area contributed by atoms with Crippen LogP contribution in [0.25, 0.3) is 0 Å². The highest BCUT2D eigenvalue weighted by molar-refractivity contribution is 6.04. The van der Waals surface area contributed by atoms with Gasteiger partial charge in [-0.2, -0.15) is 0 Å². The summed E-state index contributed by atoms with van der Waals surface area (Å²) >= 11 is 0. The third-order valence-electron chi connectivity index (χ3n) is 4.03. The summed E-state index contributed by atoms with van der Waals surface area (Å²) < 4.78 is 22.3. The molecule has 6 nitrogen and oxygen atoms in total. The summed E-state index contributed by atoms with van der Waals surface area (Å²) in [6.07, 6.45) is 0.939. The largest absolute Gasteiger partial charge is 0.494 e. The molecule has 6 heteroatoms. The van der Waals surface area contributed by atoms with E-state index in [0.29, 0.717) is 55.8 Å². The van der Waals surface area contributed by atoms with Gasteiger partial charge in [-0.3, -0.25) is 4.79 Å². The molecule has 0 radical (unpaired) electrons. The van der Waals surface area contributed by atoms with Crippen molar-refractivity contribution in [1.82, 2.24) is 0 Å². The van der Waals surface area contributed by atoms with E-state index in [-0.39, 0.29) is 5.91 Å². The van der Waals surface area contributed by atoms with Gasteiger partial charge in [0, 0.05) is 29.5 Å². The van der Waals surface area contributed by atoms with Gasteiger partial charge in [-0.05, 0) is 43.7 Å². The predicted molar refractivity (Wildman–Crippen MR) is 103 cm³/mol. The second kappa shape index (κ2) is 9.28. The van der Waals surface area contributed by atoms with Gasteiger partial charge in [0.15, 0.2) is 11.5 Å². The van der Waals surface area contributed by atoms with Crippen LogP contribution in [0.2, 0.25) is 0 Å². The molecule has 1 amide bonds. The Labute approximate surface area is 159 Å². The normalized spacial score (nSPS) is 12.5. The number of carbonyl (C=O) groups is 1. The summed E-state index contributed by atoms with van der Waals surface area (Å²) in [5.74, 6) is 1.87. The van der Waals surface area contributed by atoms with Gasteiger partial charge in [0.05, 0.1) is 13.2 Å². The van der Waals surface area contributed by atoms with E-state index in [1.165, 1.54) is 0 Å². The van der Waals surface area contributed by atoms with E-state index in [2.05, 4.69) is 12.2 Å². The second-order valence-electron chi connectivity index (χ2n) is 6.12. The van der Waals surface area contributed by atoms with E-state index >= 15 is 0 Å². The van der Waals surface area contributed by atoms with Crippen molar-refractivity contribution in [3.63, 3.8) is 0 Å². The summed E-state index contributed by atoms with van der Waals surface area (Å²) in [6.45, 7) is 6.66. The van der Waals surface area contributed by atoms with Crippen molar-refractivity contribution in [2.75, 3.05) is 31.7 Å². The third kappa shape index (κ3) is 4.92. The molecule has 0 fully saturated rings. The molecule has 2 aromatic carbocycles. The lowest BCUT2D eigenvalue weighted by atomic mass is 10.1. The number of fused-ring (bicyclic) bond motifs is 1. The molecule has 0 bridgehead atoms. The maximum absolute atomic E-state index is 12.7. The Bertz CT molecular complexity index is 790. The van der Waals surface area contributed by atoms with Gasteiger partial charge in [0.1, 0.15) is 19.0 Å². The van der Waals surface area contributed by atoms with Gasteiger partial charge in [-0.1, -0.05) is 6.92 Å². The molecule has 144 valence electrons. The van der Waals surface area contributed by atoms with Crippen LogP contribution in [-0.2, 0) is 11.3 Å². The molecule has 2 aromatic rings. The minimum atomic E-state index is -0.202. The first-order chi connectivity index (χ1) is 13.2. The Morgan fingerprint density at radius 2 is 1.89 bits per heavy atom. The minimum Gasteiger partial charge on any atom is -0.494 e. The molecule has 0 atom stereocenters. The van der Waals surface area contributed by atoms with Gasteiger partial charge in [0.2, 0.25) is 0 Å². The Kier molecular flexibility index (Phi) is 6.54. The van der Waals surface area contributed by atoms with Gasteiger partial charge in [0.25, 0.3) is 5.91 Å². The number of hydrogen-bond acceptors (Lipinski definition) is 5. The lowest BCUT2D eigenvalue weighted by molar-refractivity contribution is 0.102. The fraction of sp³-hybridized carbons (Fsp3) is 0.381. The second-order valence-corrected chi connectivity index (χ2v) is 6.12. The highest BCUT2D eigenvalue weighted by Crippen LogP contribution is 2.32. The number of ether oxygens (including phenoxy) is 4. The SMILES string of the molecule is CCCOCc1cc(C(=O)Nc2ccc3c(c2)OCCO3)ccc1OCC. The van der Waals surface area contributed by atoms with Crippen molar-refractivity contribution in [2.45, 2.75) is 26.9 Å². The summed E-state index contributed by atoms with van der Waals surface area (Å²) in [5.41, 5.74) is 2.06. The molecule has 27 heavy (non-hydrogen) atoms. The zero-order chi connectivity index (χ0) is 19.1. The fourth-order valence-corrected chi connectivity index (χ4v) is 2.78. The molecule has 1 aliphatic rings. The van der Waals surface area contributed by atoms with Crippen molar-refractivity contribution < 1.29 is 23.7 Å². The molecule has 0 aliphatic carbocycles. The molecule has 0 saturated heterocycles. The number of amides is 1. The van der Waals surface area contributed by atoms with Crippen LogP contribution in [-0.4, -0.2) is 32.3 Å². The van der Waals surface area contributed by atoms with E-state index in [1.807, 2.05) is 19.1 Å². The van der Waals surface area contributed by atoms with Crippen LogP contribution >= 0.6 is 0 Å². The van der Waals surface area contributed by atoms with Gasteiger partial charge in [-0.25, -0.2) is 0 Å². The average molecular weight is 371 g/mol.